The van der Waals surface area contributed by atoms with Crippen LogP contribution in [0.2, 0.25) is 0 Å². The van der Waals surface area contributed by atoms with Crippen LogP contribution in [0.5, 0.6) is 11.5 Å². The first-order chi connectivity index (χ1) is 13.7. The number of carbonyl (C=O) groups excluding carboxylic acids is 1. The maximum absolute atomic E-state index is 12.2. The predicted molar refractivity (Wildman–Crippen MR) is 113 cm³/mol. The summed E-state index contributed by atoms with van der Waals surface area (Å²) in [6.07, 6.45) is 1.54. The normalized spacial score (nSPS) is 10.6. The highest BCUT2D eigenvalue weighted by Crippen LogP contribution is 2.30. The van der Waals surface area contributed by atoms with Gasteiger partial charge in [0, 0.05) is 15.6 Å². The van der Waals surface area contributed by atoms with Gasteiger partial charge in [-0.2, -0.15) is 5.10 Å². The number of benzene rings is 3. The van der Waals surface area contributed by atoms with Crippen LogP contribution in [0, 0.1) is 0 Å². The SMILES string of the molecule is COc1cccc(/C=N\NC(=O)c2cccc(Br)c2)c1OCc1ccccc1. The van der Waals surface area contributed by atoms with Gasteiger partial charge in [-0.3, -0.25) is 4.79 Å². The summed E-state index contributed by atoms with van der Waals surface area (Å²) in [7, 11) is 1.58. The van der Waals surface area contributed by atoms with Crippen molar-refractivity contribution in [1.29, 1.82) is 0 Å². The van der Waals surface area contributed by atoms with Crippen LogP contribution in [0.1, 0.15) is 21.5 Å². The van der Waals surface area contributed by atoms with Crippen LogP contribution in [0.3, 0.4) is 0 Å². The van der Waals surface area contributed by atoms with Gasteiger partial charge in [-0.1, -0.05) is 58.4 Å². The van der Waals surface area contributed by atoms with Gasteiger partial charge in [0.2, 0.25) is 0 Å². The Bertz CT molecular complexity index is 975. The lowest BCUT2D eigenvalue weighted by molar-refractivity contribution is 0.0955. The number of hydrazone groups is 1. The molecule has 0 heterocycles. The second kappa shape index (κ2) is 9.71. The number of hydrogen-bond acceptors (Lipinski definition) is 4. The van der Waals surface area contributed by atoms with Crippen molar-refractivity contribution in [2.24, 2.45) is 5.10 Å². The molecule has 0 aromatic heterocycles. The Labute approximate surface area is 172 Å². The van der Waals surface area contributed by atoms with E-state index in [-0.39, 0.29) is 5.91 Å². The van der Waals surface area contributed by atoms with E-state index in [0.29, 0.717) is 29.2 Å². The van der Waals surface area contributed by atoms with Crippen LogP contribution < -0.4 is 14.9 Å². The number of hydrogen-bond donors (Lipinski definition) is 1. The van der Waals surface area contributed by atoms with Gasteiger partial charge in [-0.05, 0) is 35.9 Å². The van der Waals surface area contributed by atoms with E-state index < -0.39 is 0 Å². The Balaban J connectivity index is 1.73. The minimum atomic E-state index is -0.299. The molecule has 0 aliphatic rings. The molecule has 5 nitrogen and oxygen atoms in total. The quantitative estimate of drug-likeness (QED) is 0.425. The van der Waals surface area contributed by atoms with Crippen molar-refractivity contribution in [2.75, 3.05) is 7.11 Å². The van der Waals surface area contributed by atoms with E-state index in [2.05, 4.69) is 26.5 Å². The predicted octanol–water partition coefficient (Wildman–Crippen LogP) is 4.80. The molecule has 0 bridgehead atoms. The zero-order chi connectivity index (χ0) is 19.8. The minimum Gasteiger partial charge on any atom is -0.493 e. The number of carbonyl (C=O) groups is 1. The first-order valence-electron chi connectivity index (χ1n) is 8.60. The van der Waals surface area contributed by atoms with Gasteiger partial charge in [0.05, 0.1) is 13.3 Å². The summed E-state index contributed by atoms with van der Waals surface area (Å²) in [6, 6.07) is 22.4. The number of nitrogens with one attached hydrogen (secondary N) is 1. The number of methoxy groups -OCH3 is 1. The van der Waals surface area contributed by atoms with Crippen LogP contribution in [0.4, 0.5) is 0 Å². The Morgan fingerprint density at radius 3 is 2.61 bits per heavy atom. The molecule has 1 amide bonds. The van der Waals surface area contributed by atoms with E-state index in [1.807, 2.05) is 54.6 Å². The number of halogens is 1. The average molecular weight is 439 g/mol. The van der Waals surface area contributed by atoms with Crippen LogP contribution >= 0.6 is 15.9 Å². The zero-order valence-corrected chi connectivity index (χ0v) is 16.8. The Hall–Kier alpha value is -3.12. The summed E-state index contributed by atoms with van der Waals surface area (Å²) < 4.78 is 12.2. The van der Waals surface area contributed by atoms with E-state index in [0.717, 1.165) is 10.0 Å². The molecule has 0 fully saturated rings. The topological polar surface area (TPSA) is 59.9 Å². The van der Waals surface area contributed by atoms with E-state index in [4.69, 9.17) is 9.47 Å². The second-order valence-electron chi connectivity index (χ2n) is 5.86. The Kier molecular flexibility index (Phi) is 6.81. The van der Waals surface area contributed by atoms with Gasteiger partial charge >= 0.3 is 0 Å². The van der Waals surface area contributed by atoms with Crippen molar-refractivity contribution in [2.45, 2.75) is 6.61 Å². The zero-order valence-electron chi connectivity index (χ0n) is 15.3. The molecule has 0 aliphatic carbocycles. The molecule has 142 valence electrons. The summed E-state index contributed by atoms with van der Waals surface area (Å²) in [5.74, 6) is 0.861. The highest BCUT2D eigenvalue weighted by molar-refractivity contribution is 9.10. The molecule has 3 aromatic rings. The number of amides is 1. The molecule has 0 atom stereocenters. The Morgan fingerprint density at radius 1 is 1.07 bits per heavy atom. The van der Waals surface area contributed by atoms with Gasteiger partial charge in [-0.15, -0.1) is 0 Å². The van der Waals surface area contributed by atoms with Gasteiger partial charge in [0.15, 0.2) is 11.5 Å². The fourth-order valence-corrected chi connectivity index (χ4v) is 2.93. The number of ether oxygens (including phenoxy) is 2. The smallest absolute Gasteiger partial charge is 0.271 e. The molecule has 0 unspecified atom stereocenters. The van der Waals surface area contributed by atoms with E-state index in [1.165, 1.54) is 0 Å². The van der Waals surface area contributed by atoms with Crippen LogP contribution in [-0.4, -0.2) is 19.2 Å². The highest BCUT2D eigenvalue weighted by atomic mass is 79.9. The molecule has 0 saturated heterocycles. The Morgan fingerprint density at radius 2 is 1.86 bits per heavy atom. The molecule has 0 radical (unpaired) electrons. The fourth-order valence-electron chi connectivity index (χ4n) is 2.53. The first-order valence-corrected chi connectivity index (χ1v) is 9.39. The fraction of sp³-hybridized carbons (Fsp3) is 0.0909. The summed E-state index contributed by atoms with van der Waals surface area (Å²) in [5.41, 5.74) is 4.78. The number of rotatable bonds is 7. The van der Waals surface area contributed by atoms with E-state index in [9.17, 15) is 4.79 Å². The third kappa shape index (κ3) is 5.20. The molecule has 0 aliphatic heterocycles. The molecule has 0 spiro atoms. The van der Waals surface area contributed by atoms with Crippen molar-refractivity contribution < 1.29 is 14.3 Å². The standard InChI is InChI=1S/C22H19BrN2O3/c1-27-20-12-6-10-18(21(20)28-15-16-7-3-2-4-8-16)14-24-25-22(26)17-9-5-11-19(23)13-17/h2-14H,15H2,1H3,(H,25,26)/b24-14-. The minimum absolute atomic E-state index is 0.299. The van der Waals surface area contributed by atoms with Crippen molar-refractivity contribution in [3.63, 3.8) is 0 Å². The summed E-state index contributed by atoms with van der Waals surface area (Å²) in [6.45, 7) is 0.395. The number of nitrogens with zero attached hydrogens (tertiary/aromatic N) is 1. The van der Waals surface area contributed by atoms with Crippen molar-refractivity contribution >= 4 is 28.1 Å². The molecular formula is C22H19BrN2O3. The maximum atomic E-state index is 12.2. The van der Waals surface area contributed by atoms with Gasteiger partial charge in [0.1, 0.15) is 6.61 Å². The summed E-state index contributed by atoms with van der Waals surface area (Å²) in [5, 5.41) is 4.06. The van der Waals surface area contributed by atoms with Crippen LogP contribution in [0.25, 0.3) is 0 Å². The van der Waals surface area contributed by atoms with Crippen molar-refractivity contribution in [3.8, 4) is 11.5 Å². The second-order valence-corrected chi connectivity index (χ2v) is 6.78. The van der Waals surface area contributed by atoms with Gasteiger partial charge in [-0.25, -0.2) is 5.43 Å². The molecular weight excluding hydrogens is 420 g/mol. The lowest BCUT2D eigenvalue weighted by atomic mass is 10.2. The van der Waals surface area contributed by atoms with Crippen molar-refractivity contribution in [1.82, 2.24) is 5.43 Å². The summed E-state index contributed by atoms with van der Waals surface area (Å²) in [4.78, 5) is 12.2. The number of para-hydroxylation sites is 1. The monoisotopic (exact) mass is 438 g/mol. The third-order valence-corrected chi connectivity index (χ3v) is 4.41. The van der Waals surface area contributed by atoms with Gasteiger partial charge < -0.3 is 9.47 Å². The molecule has 28 heavy (non-hydrogen) atoms. The third-order valence-electron chi connectivity index (χ3n) is 3.91. The molecule has 3 rings (SSSR count). The largest absolute Gasteiger partial charge is 0.493 e. The molecule has 6 heteroatoms. The average Bonchev–Trinajstić information content (AvgIpc) is 2.73. The van der Waals surface area contributed by atoms with E-state index >= 15 is 0 Å². The first kappa shape index (κ1) is 19.6. The van der Waals surface area contributed by atoms with Crippen molar-refractivity contribution in [3.05, 3.63) is 94.0 Å². The van der Waals surface area contributed by atoms with Crippen LogP contribution in [-0.2, 0) is 6.61 Å². The van der Waals surface area contributed by atoms with E-state index in [1.54, 1.807) is 31.5 Å². The molecule has 0 saturated carbocycles. The highest BCUT2D eigenvalue weighted by Gasteiger charge is 2.10. The molecule has 3 aromatic carbocycles. The van der Waals surface area contributed by atoms with Gasteiger partial charge in [0.25, 0.3) is 5.91 Å². The van der Waals surface area contributed by atoms with Crippen LogP contribution in [0.15, 0.2) is 82.4 Å². The lowest BCUT2D eigenvalue weighted by Gasteiger charge is -2.13. The maximum Gasteiger partial charge on any atom is 0.271 e. The lowest BCUT2D eigenvalue weighted by Crippen LogP contribution is -2.17. The summed E-state index contributed by atoms with van der Waals surface area (Å²) >= 11 is 3.35. The molecule has 1 N–H and O–H groups in total.